The molecule has 0 spiro atoms. The van der Waals surface area contributed by atoms with Gasteiger partial charge in [0.05, 0.1) is 0 Å². The van der Waals surface area contributed by atoms with Crippen LogP contribution in [0, 0.1) is 15.5 Å². The Morgan fingerprint density at radius 3 is 1.78 bits per heavy atom. The van der Waals surface area contributed by atoms with E-state index in [1.54, 1.807) is 6.92 Å². The summed E-state index contributed by atoms with van der Waals surface area (Å²) in [6, 6.07) is -0.461. The maximum absolute atomic E-state index is 10.2. The summed E-state index contributed by atoms with van der Waals surface area (Å²) in [6.45, 7) is 7.21. The first-order valence-electron chi connectivity index (χ1n) is 2.99. The van der Waals surface area contributed by atoms with Gasteiger partial charge in [-0.1, -0.05) is 20.8 Å². The summed E-state index contributed by atoms with van der Waals surface area (Å²) in [5, 5.41) is 10.2. The maximum Gasteiger partial charge on any atom is 0.215 e. The van der Waals surface area contributed by atoms with Crippen LogP contribution < -0.4 is 0 Å². The third kappa shape index (κ3) is 2.44. The Labute approximate surface area is 55.2 Å². The molecule has 0 bridgehead atoms. The van der Waals surface area contributed by atoms with Gasteiger partial charge in [-0.25, -0.2) is 0 Å². The molecule has 0 aromatic rings. The van der Waals surface area contributed by atoms with Crippen LogP contribution in [0.25, 0.3) is 0 Å². The van der Waals surface area contributed by atoms with Gasteiger partial charge in [0.15, 0.2) is 0 Å². The van der Waals surface area contributed by atoms with Gasteiger partial charge in [0.25, 0.3) is 0 Å². The Bertz CT molecular complexity index is 115. The third-order valence-electron chi connectivity index (χ3n) is 1.57. The van der Waals surface area contributed by atoms with E-state index in [-0.39, 0.29) is 10.3 Å². The average molecular weight is 131 g/mol. The van der Waals surface area contributed by atoms with E-state index in [2.05, 4.69) is 0 Å². The summed E-state index contributed by atoms with van der Waals surface area (Å²) < 4.78 is 0. The zero-order valence-corrected chi connectivity index (χ0v) is 6.34. The lowest BCUT2D eigenvalue weighted by Gasteiger charge is -2.18. The van der Waals surface area contributed by atoms with Gasteiger partial charge in [0.2, 0.25) is 6.04 Å². The van der Waals surface area contributed by atoms with Gasteiger partial charge >= 0.3 is 0 Å². The standard InChI is InChI=1S/C6H13NO2/c1-5(7(8)9)6(2,3)4/h5H,1-4H3. The van der Waals surface area contributed by atoms with Crippen LogP contribution in [0.15, 0.2) is 0 Å². The van der Waals surface area contributed by atoms with Crippen molar-refractivity contribution in [3.8, 4) is 0 Å². The maximum atomic E-state index is 10.2. The van der Waals surface area contributed by atoms with Crippen LogP contribution >= 0.6 is 0 Å². The van der Waals surface area contributed by atoms with Crippen LogP contribution in [0.5, 0.6) is 0 Å². The van der Waals surface area contributed by atoms with Gasteiger partial charge in [0.1, 0.15) is 0 Å². The molecule has 0 radical (unpaired) electrons. The fourth-order valence-electron chi connectivity index (χ4n) is 0.316. The molecule has 0 amide bonds. The van der Waals surface area contributed by atoms with E-state index in [0.717, 1.165) is 0 Å². The predicted molar refractivity (Wildman–Crippen MR) is 35.9 cm³/mol. The molecule has 0 heterocycles. The molecule has 0 aliphatic rings. The minimum Gasteiger partial charge on any atom is -0.264 e. The molecule has 3 heteroatoms. The van der Waals surface area contributed by atoms with Gasteiger partial charge in [-0.2, -0.15) is 0 Å². The molecule has 0 saturated carbocycles. The molecule has 0 fully saturated rings. The van der Waals surface area contributed by atoms with E-state index in [0.29, 0.717) is 0 Å². The van der Waals surface area contributed by atoms with Crippen LogP contribution in [0.3, 0.4) is 0 Å². The number of hydrogen-bond acceptors (Lipinski definition) is 2. The number of hydrogen-bond donors (Lipinski definition) is 0. The van der Waals surface area contributed by atoms with Crippen LogP contribution in [0.4, 0.5) is 0 Å². The van der Waals surface area contributed by atoms with Gasteiger partial charge in [-0.05, 0) is 0 Å². The monoisotopic (exact) mass is 131 g/mol. The molecular formula is C6H13NO2. The van der Waals surface area contributed by atoms with Crippen molar-refractivity contribution in [2.45, 2.75) is 33.7 Å². The summed E-state index contributed by atoms with van der Waals surface area (Å²) in [4.78, 5) is 9.90. The van der Waals surface area contributed by atoms with Crippen molar-refractivity contribution in [3.63, 3.8) is 0 Å². The molecule has 0 aliphatic heterocycles. The lowest BCUT2D eigenvalue weighted by molar-refractivity contribution is -0.535. The van der Waals surface area contributed by atoms with Gasteiger partial charge in [0, 0.05) is 17.3 Å². The molecule has 0 aromatic carbocycles. The molecule has 1 unspecified atom stereocenters. The Morgan fingerprint density at radius 2 is 1.78 bits per heavy atom. The lowest BCUT2D eigenvalue weighted by Crippen LogP contribution is -2.30. The van der Waals surface area contributed by atoms with Crippen LogP contribution in [-0.4, -0.2) is 11.0 Å². The van der Waals surface area contributed by atoms with Gasteiger partial charge in [-0.3, -0.25) is 10.1 Å². The highest BCUT2D eigenvalue weighted by atomic mass is 16.6. The van der Waals surface area contributed by atoms with Crippen molar-refractivity contribution in [1.82, 2.24) is 0 Å². The predicted octanol–water partition coefficient (Wildman–Crippen LogP) is 1.70. The minimum absolute atomic E-state index is 0.219. The summed E-state index contributed by atoms with van der Waals surface area (Å²) in [5.74, 6) is 0. The van der Waals surface area contributed by atoms with E-state index >= 15 is 0 Å². The van der Waals surface area contributed by atoms with Crippen molar-refractivity contribution < 1.29 is 4.92 Å². The fourth-order valence-corrected chi connectivity index (χ4v) is 0.316. The topological polar surface area (TPSA) is 43.1 Å². The van der Waals surface area contributed by atoms with Crippen molar-refractivity contribution in [2.75, 3.05) is 0 Å². The average Bonchev–Trinajstić information content (AvgIpc) is 1.62. The lowest BCUT2D eigenvalue weighted by atomic mass is 9.89. The normalized spacial score (nSPS) is 15.1. The smallest absolute Gasteiger partial charge is 0.215 e. The quantitative estimate of drug-likeness (QED) is 0.401. The summed E-state index contributed by atoms with van der Waals surface area (Å²) in [7, 11) is 0. The van der Waals surface area contributed by atoms with Crippen molar-refractivity contribution in [3.05, 3.63) is 10.1 Å². The minimum atomic E-state index is -0.461. The Balaban J connectivity index is 4.04. The highest BCUT2D eigenvalue weighted by Gasteiger charge is 2.29. The summed E-state index contributed by atoms with van der Waals surface area (Å²) >= 11 is 0. The van der Waals surface area contributed by atoms with E-state index < -0.39 is 6.04 Å². The first-order chi connectivity index (χ1) is 3.85. The van der Waals surface area contributed by atoms with Gasteiger partial charge < -0.3 is 0 Å². The molecule has 0 N–H and O–H groups in total. The third-order valence-corrected chi connectivity index (χ3v) is 1.57. The summed E-state index contributed by atoms with van der Waals surface area (Å²) in [6.07, 6.45) is 0. The molecule has 0 aliphatic carbocycles. The molecule has 0 aromatic heterocycles. The first-order valence-corrected chi connectivity index (χ1v) is 2.99. The zero-order chi connectivity index (χ0) is 7.65. The second kappa shape index (κ2) is 2.33. The van der Waals surface area contributed by atoms with Crippen molar-refractivity contribution >= 4 is 0 Å². The highest BCUT2D eigenvalue weighted by Crippen LogP contribution is 2.20. The molecule has 54 valence electrons. The fraction of sp³-hybridized carbons (Fsp3) is 1.00. The second-order valence-corrected chi connectivity index (χ2v) is 3.33. The number of nitro groups is 1. The number of nitrogens with zero attached hydrogens (tertiary/aromatic N) is 1. The molecule has 0 saturated heterocycles. The molecule has 9 heavy (non-hydrogen) atoms. The highest BCUT2D eigenvalue weighted by molar-refractivity contribution is 4.67. The Morgan fingerprint density at radius 1 is 1.44 bits per heavy atom. The molecular weight excluding hydrogens is 118 g/mol. The van der Waals surface area contributed by atoms with Crippen LogP contribution in [0.1, 0.15) is 27.7 Å². The number of rotatable bonds is 1. The first kappa shape index (κ1) is 8.40. The van der Waals surface area contributed by atoms with Crippen LogP contribution in [0.2, 0.25) is 0 Å². The van der Waals surface area contributed by atoms with E-state index in [9.17, 15) is 10.1 Å². The Hall–Kier alpha value is -0.600. The SMILES string of the molecule is CC([N+](=O)[O-])C(C)(C)C. The van der Waals surface area contributed by atoms with Crippen molar-refractivity contribution in [2.24, 2.45) is 5.41 Å². The Kier molecular flexibility index (Phi) is 2.18. The molecule has 3 nitrogen and oxygen atoms in total. The summed E-state index contributed by atoms with van der Waals surface area (Å²) in [5.41, 5.74) is -0.219. The van der Waals surface area contributed by atoms with Crippen molar-refractivity contribution in [1.29, 1.82) is 0 Å². The van der Waals surface area contributed by atoms with Gasteiger partial charge in [-0.15, -0.1) is 0 Å². The van der Waals surface area contributed by atoms with E-state index in [4.69, 9.17) is 0 Å². The van der Waals surface area contributed by atoms with E-state index in [1.165, 1.54) is 0 Å². The van der Waals surface area contributed by atoms with E-state index in [1.807, 2.05) is 20.8 Å². The largest absolute Gasteiger partial charge is 0.264 e. The molecule has 0 rings (SSSR count). The van der Waals surface area contributed by atoms with Crippen LogP contribution in [-0.2, 0) is 0 Å². The zero-order valence-electron chi connectivity index (χ0n) is 6.34. The second-order valence-electron chi connectivity index (χ2n) is 3.33. The molecule has 1 atom stereocenters.